The number of para-hydroxylation sites is 2. The standard InChI is InChI=1S/C45H27N3O2/c1-2-10-30(11-3-1)45-47-38(29-19-17-28(18-20-29)37-14-8-9-25-46-37)27-39(48-45)35-24-23-32(44-43(35)36-13-5-7-16-41(36)50-44)31-21-22-34-33-12-4-6-15-40(33)49-42(34)26-31/h1-27H. The van der Waals surface area contributed by atoms with E-state index in [1.807, 2.05) is 85.1 Å². The highest BCUT2D eigenvalue weighted by molar-refractivity contribution is 6.16. The number of nitrogens with zero attached hydrogens (tertiary/aromatic N) is 3. The van der Waals surface area contributed by atoms with Crippen LogP contribution in [0, 0.1) is 0 Å². The molecule has 234 valence electrons. The zero-order valence-corrected chi connectivity index (χ0v) is 26.7. The second-order valence-corrected chi connectivity index (χ2v) is 12.4. The average Bonchev–Trinajstić information content (AvgIpc) is 3.77. The summed E-state index contributed by atoms with van der Waals surface area (Å²) in [6, 6.07) is 53.6. The van der Waals surface area contributed by atoms with Gasteiger partial charge in [0, 0.05) is 55.6 Å². The summed E-state index contributed by atoms with van der Waals surface area (Å²) in [5, 5.41) is 4.25. The second-order valence-electron chi connectivity index (χ2n) is 12.4. The van der Waals surface area contributed by atoms with Crippen molar-refractivity contribution in [2.24, 2.45) is 0 Å². The minimum atomic E-state index is 0.660. The maximum Gasteiger partial charge on any atom is 0.160 e. The summed E-state index contributed by atoms with van der Waals surface area (Å²) < 4.78 is 12.9. The molecule has 10 aromatic rings. The van der Waals surface area contributed by atoms with E-state index in [0.29, 0.717) is 5.82 Å². The monoisotopic (exact) mass is 641 g/mol. The smallest absolute Gasteiger partial charge is 0.160 e. The third-order valence-corrected chi connectivity index (χ3v) is 9.39. The fourth-order valence-corrected chi connectivity index (χ4v) is 6.96. The van der Waals surface area contributed by atoms with E-state index in [0.717, 1.165) is 94.3 Å². The Bertz CT molecular complexity index is 2850. The lowest BCUT2D eigenvalue weighted by Crippen LogP contribution is -1.96. The number of aromatic nitrogens is 3. The summed E-state index contributed by atoms with van der Waals surface area (Å²) in [7, 11) is 0. The van der Waals surface area contributed by atoms with Crippen molar-refractivity contribution in [3.8, 4) is 56.3 Å². The van der Waals surface area contributed by atoms with Crippen LogP contribution in [0.25, 0.3) is 100 Å². The summed E-state index contributed by atoms with van der Waals surface area (Å²) in [4.78, 5) is 14.8. The van der Waals surface area contributed by atoms with E-state index in [4.69, 9.17) is 18.8 Å². The lowest BCUT2D eigenvalue weighted by molar-refractivity contribution is 0.668. The molecule has 0 atom stereocenters. The van der Waals surface area contributed by atoms with Crippen molar-refractivity contribution in [3.05, 3.63) is 164 Å². The van der Waals surface area contributed by atoms with Crippen LogP contribution in [0.2, 0.25) is 0 Å². The molecule has 6 aromatic carbocycles. The molecule has 4 aromatic heterocycles. The third kappa shape index (κ3) is 4.67. The molecule has 0 aliphatic carbocycles. The summed E-state index contributed by atoms with van der Waals surface area (Å²) in [6.45, 7) is 0. The minimum Gasteiger partial charge on any atom is -0.456 e. The van der Waals surface area contributed by atoms with Gasteiger partial charge < -0.3 is 8.83 Å². The first kappa shape index (κ1) is 28.2. The number of pyridine rings is 1. The predicted molar refractivity (Wildman–Crippen MR) is 202 cm³/mol. The Kier molecular flexibility index (Phi) is 6.42. The summed E-state index contributed by atoms with van der Waals surface area (Å²) in [5.41, 5.74) is 11.9. The Morgan fingerprint density at radius 1 is 0.380 bits per heavy atom. The van der Waals surface area contributed by atoms with Gasteiger partial charge in [-0.15, -0.1) is 0 Å². The van der Waals surface area contributed by atoms with E-state index in [9.17, 15) is 0 Å². The van der Waals surface area contributed by atoms with Crippen molar-refractivity contribution in [2.75, 3.05) is 0 Å². The molecule has 4 heterocycles. The van der Waals surface area contributed by atoms with Gasteiger partial charge in [-0.3, -0.25) is 4.98 Å². The van der Waals surface area contributed by atoms with Crippen LogP contribution in [0.3, 0.4) is 0 Å². The molecule has 5 heteroatoms. The highest BCUT2D eigenvalue weighted by atomic mass is 16.3. The van der Waals surface area contributed by atoms with Crippen LogP contribution in [0.5, 0.6) is 0 Å². The Morgan fingerprint density at radius 2 is 1.02 bits per heavy atom. The largest absolute Gasteiger partial charge is 0.456 e. The highest BCUT2D eigenvalue weighted by Gasteiger charge is 2.20. The van der Waals surface area contributed by atoms with Gasteiger partial charge in [-0.1, -0.05) is 109 Å². The van der Waals surface area contributed by atoms with Crippen molar-refractivity contribution >= 4 is 43.9 Å². The van der Waals surface area contributed by atoms with Gasteiger partial charge in [0.05, 0.1) is 17.1 Å². The van der Waals surface area contributed by atoms with Crippen molar-refractivity contribution < 1.29 is 8.83 Å². The van der Waals surface area contributed by atoms with Gasteiger partial charge in [0.2, 0.25) is 0 Å². The van der Waals surface area contributed by atoms with E-state index in [-0.39, 0.29) is 0 Å². The molecule has 0 bridgehead atoms. The molecular weight excluding hydrogens is 615 g/mol. The maximum atomic E-state index is 6.68. The number of fused-ring (bicyclic) bond motifs is 6. The van der Waals surface area contributed by atoms with Gasteiger partial charge in [0.15, 0.2) is 5.82 Å². The van der Waals surface area contributed by atoms with Crippen LogP contribution in [0.1, 0.15) is 0 Å². The topological polar surface area (TPSA) is 65.0 Å². The van der Waals surface area contributed by atoms with E-state index < -0.39 is 0 Å². The molecule has 0 radical (unpaired) electrons. The first-order chi connectivity index (χ1) is 24.8. The van der Waals surface area contributed by atoms with Crippen molar-refractivity contribution in [1.29, 1.82) is 0 Å². The first-order valence-corrected chi connectivity index (χ1v) is 16.6. The van der Waals surface area contributed by atoms with E-state index in [1.165, 1.54) is 0 Å². The molecule has 0 aliphatic heterocycles. The van der Waals surface area contributed by atoms with Gasteiger partial charge in [0.1, 0.15) is 22.3 Å². The molecule has 10 rings (SSSR count). The molecule has 0 fully saturated rings. The predicted octanol–water partition coefficient (Wildman–Crippen LogP) is 12.0. The van der Waals surface area contributed by atoms with Crippen LogP contribution in [0.15, 0.2) is 173 Å². The van der Waals surface area contributed by atoms with E-state index in [2.05, 4.69) is 83.8 Å². The Labute approximate surface area is 287 Å². The Morgan fingerprint density at radius 3 is 1.82 bits per heavy atom. The van der Waals surface area contributed by atoms with Crippen LogP contribution < -0.4 is 0 Å². The summed E-state index contributed by atoms with van der Waals surface area (Å²) >= 11 is 0. The van der Waals surface area contributed by atoms with Crippen LogP contribution >= 0.6 is 0 Å². The second kappa shape index (κ2) is 11.4. The maximum absolute atomic E-state index is 6.68. The van der Waals surface area contributed by atoms with E-state index in [1.54, 1.807) is 0 Å². The first-order valence-electron chi connectivity index (χ1n) is 16.6. The van der Waals surface area contributed by atoms with Crippen LogP contribution in [0.4, 0.5) is 0 Å². The van der Waals surface area contributed by atoms with Crippen LogP contribution in [-0.2, 0) is 0 Å². The molecule has 0 spiro atoms. The van der Waals surface area contributed by atoms with Gasteiger partial charge >= 0.3 is 0 Å². The number of hydrogen-bond acceptors (Lipinski definition) is 5. The normalized spacial score (nSPS) is 11.6. The third-order valence-electron chi connectivity index (χ3n) is 9.39. The molecule has 0 amide bonds. The SMILES string of the molecule is c1ccc(-c2nc(-c3ccc(-c4ccccn4)cc3)cc(-c3ccc(-c4ccc5c(c4)oc4ccccc45)c4oc5ccccc5c34)n2)cc1. The van der Waals surface area contributed by atoms with Crippen molar-refractivity contribution in [3.63, 3.8) is 0 Å². The van der Waals surface area contributed by atoms with Gasteiger partial charge in [-0.05, 0) is 54.1 Å². The number of hydrogen-bond donors (Lipinski definition) is 0. The summed E-state index contributed by atoms with van der Waals surface area (Å²) in [5.74, 6) is 0.660. The molecule has 0 N–H and O–H groups in total. The number of benzene rings is 6. The van der Waals surface area contributed by atoms with Gasteiger partial charge in [0.25, 0.3) is 0 Å². The van der Waals surface area contributed by atoms with Crippen LogP contribution in [-0.4, -0.2) is 15.0 Å². The molecule has 5 nitrogen and oxygen atoms in total. The van der Waals surface area contributed by atoms with Gasteiger partial charge in [-0.2, -0.15) is 0 Å². The van der Waals surface area contributed by atoms with Crippen molar-refractivity contribution in [2.45, 2.75) is 0 Å². The molecular formula is C45H27N3O2. The molecule has 50 heavy (non-hydrogen) atoms. The van der Waals surface area contributed by atoms with Gasteiger partial charge in [-0.25, -0.2) is 9.97 Å². The lowest BCUT2D eigenvalue weighted by Gasteiger charge is -2.12. The fraction of sp³-hybridized carbons (Fsp3) is 0. The summed E-state index contributed by atoms with van der Waals surface area (Å²) in [6.07, 6.45) is 1.81. The molecule has 0 aliphatic rings. The lowest BCUT2D eigenvalue weighted by atomic mass is 9.95. The molecule has 0 unspecified atom stereocenters. The Hall–Kier alpha value is -6.85. The quantitative estimate of drug-likeness (QED) is 0.187. The zero-order valence-electron chi connectivity index (χ0n) is 26.7. The number of rotatable bonds is 5. The Balaban J connectivity index is 1.17. The number of furan rings is 2. The zero-order chi connectivity index (χ0) is 33.0. The van der Waals surface area contributed by atoms with Crippen molar-refractivity contribution in [1.82, 2.24) is 15.0 Å². The molecule has 0 saturated heterocycles. The fourth-order valence-electron chi connectivity index (χ4n) is 6.96. The average molecular weight is 642 g/mol. The molecule has 0 saturated carbocycles. The van der Waals surface area contributed by atoms with E-state index >= 15 is 0 Å². The minimum absolute atomic E-state index is 0.660. The highest BCUT2D eigenvalue weighted by Crippen LogP contribution is 2.43.